The summed E-state index contributed by atoms with van der Waals surface area (Å²) in [4.78, 5) is 20.1. The van der Waals surface area contributed by atoms with Gasteiger partial charge in [0.05, 0.1) is 22.0 Å². The quantitative estimate of drug-likeness (QED) is 0.520. The Morgan fingerprint density at radius 2 is 1.65 bits per heavy atom. The van der Waals surface area contributed by atoms with Gasteiger partial charge >= 0.3 is 5.69 Å². The second-order valence-electron chi connectivity index (χ2n) is 3.81. The Morgan fingerprint density at radius 3 is 2.20 bits per heavy atom. The first-order valence-electron chi connectivity index (χ1n) is 5.44. The molecule has 0 radical (unpaired) electrons. The van der Waals surface area contributed by atoms with Crippen molar-refractivity contribution in [3.63, 3.8) is 0 Å². The van der Waals surface area contributed by atoms with Crippen LogP contribution in [-0.2, 0) is 0 Å². The first-order valence-corrected chi connectivity index (χ1v) is 5.44. The number of non-ortho nitro benzene ring substituents is 1. The number of anilines is 1. The number of nitro groups is 2. The first-order chi connectivity index (χ1) is 9.49. The van der Waals surface area contributed by atoms with Crippen LogP contribution in [0.3, 0.4) is 0 Å². The Hall–Kier alpha value is -3.16. The van der Waals surface area contributed by atoms with E-state index in [0.29, 0.717) is 5.75 Å². The number of nitrogens with zero attached hydrogens (tertiary/aromatic N) is 2. The summed E-state index contributed by atoms with van der Waals surface area (Å²) in [6.07, 6.45) is 0. The Balaban J connectivity index is 2.51. The Morgan fingerprint density at radius 1 is 1.00 bits per heavy atom. The number of ether oxygens (including phenoxy) is 1. The van der Waals surface area contributed by atoms with Gasteiger partial charge in [0.15, 0.2) is 11.4 Å². The molecule has 102 valence electrons. The topological polar surface area (TPSA) is 122 Å². The van der Waals surface area contributed by atoms with Crippen molar-refractivity contribution in [2.45, 2.75) is 0 Å². The zero-order valence-corrected chi connectivity index (χ0v) is 10.1. The highest BCUT2D eigenvalue weighted by atomic mass is 16.6. The van der Waals surface area contributed by atoms with Crippen LogP contribution in [0.15, 0.2) is 42.5 Å². The summed E-state index contributed by atoms with van der Waals surface area (Å²) in [6, 6.07) is 10.2. The standard InChI is InChI=1S/C12H9N3O5/c13-12-10(15(18)19)6-8(14(16)17)7-11(12)20-9-4-2-1-3-5-9/h1-7H,13H2. The second kappa shape index (κ2) is 5.22. The van der Waals surface area contributed by atoms with Crippen molar-refractivity contribution in [2.24, 2.45) is 0 Å². The van der Waals surface area contributed by atoms with Crippen LogP contribution in [0.4, 0.5) is 17.1 Å². The summed E-state index contributed by atoms with van der Waals surface area (Å²) < 4.78 is 5.36. The molecule has 0 fully saturated rings. The van der Waals surface area contributed by atoms with Crippen molar-refractivity contribution in [2.75, 3.05) is 5.73 Å². The predicted molar refractivity (Wildman–Crippen MR) is 70.7 cm³/mol. The van der Waals surface area contributed by atoms with Gasteiger partial charge in [0.1, 0.15) is 5.75 Å². The number of para-hydroxylation sites is 1. The summed E-state index contributed by atoms with van der Waals surface area (Å²) in [5.41, 5.74) is 4.33. The minimum atomic E-state index is -0.791. The molecule has 0 heterocycles. The SMILES string of the molecule is Nc1c(Oc2ccccc2)cc([N+](=O)[O-])cc1[N+](=O)[O-]. The van der Waals surface area contributed by atoms with Gasteiger partial charge in [0.25, 0.3) is 5.69 Å². The predicted octanol–water partition coefficient (Wildman–Crippen LogP) is 2.88. The van der Waals surface area contributed by atoms with E-state index in [9.17, 15) is 20.2 Å². The molecule has 2 N–H and O–H groups in total. The van der Waals surface area contributed by atoms with E-state index in [0.717, 1.165) is 12.1 Å². The second-order valence-corrected chi connectivity index (χ2v) is 3.81. The van der Waals surface area contributed by atoms with Gasteiger partial charge in [-0.15, -0.1) is 0 Å². The van der Waals surface area contributed by atoms with E-state index in [-0.39, 0.29) is 11.4 Å². The Labute approximate surface area is 112 Å². The van der Waals surface area contributed by atoms with E-state index >= 15 is 0 Å². The minimum absolute atomic E-state index is 0.128. The van der Waals surface area contributed by atoms with E-state index in [1.165, 1.54) is 0 Å². The molecular formula is C12H9N3O5. The molecule has 0 saturated heterocycles. The molecule has 0 unspecified atom stereocenters. The third-order valence-corrected chi connectivity index (χ3v) is 2.48. The smallest absolute Gasteiger partial charge is 0.302 e. The third kappa shape index (κ3) is 2.64. The third-order valence-electron chi connectivity index (χ3n) is 2.48. The van der Waals surface area contributed by atoms with Gasteiger partial charge in [-0.3, -0.25) is 20.2 Å². The van der Waals surface area contributed by atoms with Crippen molar-refractivity contribution >= 4 is 17.1 Å². The maximum atomic E-state index is 10.8. The van der Waals surface area contributed by atoms with Gasteiger partial charge in [0.2, 0.25) is 0 Å². The number of nitrogen functional groups attached to an aromatic ring is 1. The zero-order chi connectivity index (χ0) is 14.7. The van der Waals surface area contributed by atoms with E-state index in [2.05, 4.69) is 0 Å². The summed E-state index contributed by atoms with van der Waals surface area (Å²) in [5, 5.41) is 21.6. The summed E-state index contributed by atoms with van der Waals surface area (Å²) in [6.45, 7) is 0. The van der Waals surface area contributed by atoms with Gasteiger partial charge in [-0.05, 0) is 12.1 Å². The lowest BCUT2D eigenvalue weighted by Crippen LogP contribution is -2.00. The molecule has 8 heteroatoms. The lowest BCUT2D eigenvalue weighted by atomic mass is 10.2. The van der Waals surface area contributed by atoms with Crippen LogP contribution in [0, 0.1) is 20.2 Å². The van der Waals surface area contributed by atoms with Crippen molar-refractivity contribution in [1.29, 1.82) is 0 Å². The lowest BCUT2D eigenvalue weighted by molar-refractivity contribution is -0.393. The van der Waals surface area contributed by atoms with Crippen molar-refractivity contribution in [3.05, 3.63) is 62.7 Å². The molecule has 2 aromatic carbocycles. The molecule has 0 aromatic heterocycles. The number of nitrogens with two attached hydrogens (primary N) is 1. The number of benzene rings is 2. The molecular weight excluding hydrogens is 266 g/mol. The van der Waals surface area contributed by atoms with Gasteiger partial charge in [-0.2, -0.15) is 0 Å². The van der Waals surface area contributed by atoms with Gasteiger partial charge in [0, 0.05) is 0 Å². The molecule has 0 atom stereocenters. The van der Waals surface area contributed by atoms with E-state index in [1.807, 2.05) is 0 Å². The van der Waals surface area contributed by atoms with Crippen LogP contribution >= 0.6 is 0 Å². The minimum Gasteiger partial charge on any atom is -0.455 e. The molecule has 0 aliphatic carbocycles. The van der Waals surface area contributed by atoms with E-state index in [4.69, 9.17) is 10.5 Å². The average Bonchev–Trinajstić information content (AvgIpc) is 2.41. The van der Waals surface area contributed by atoms with Crippen LogP contribution in [-0.4, -0.2) is 9.85 Å². The van der Waals surface area contributed by atoms with Crippen LogP contribution in [0.1, 0.15) is 0 Å². The monoisotopic (exact) mass is 275 g/mol. The molecule has 2 rings (SSSR count). The molecule has 20 heavy (non-hydrogen) atoms. The maximum absolute atomic E-state index is 10.8. The van der Waals surface area contributed by atoms with Crippen molar-refractivity contribution in [3.8, 4) is 11.5 Å². The summed E-state index contributed by atoms with van der Waals surface area (Å²) >= 11 is 0. The highest BCUT2D eigenvalue weighted by molar-refractivity contribution is 5.71. The van der Waals surface area contributed by atoms with Gasteiger partial charge < -0.3 is 10.5 Å². The molecule has 0 amide bonds. The number of rotatable bonds is 4. The fraction of sp³-hybridized carbons (Fsp3) is 0. The van der Waals surface area contributed by atoms with E-state index < -0.39 is 21.2 Å². The number of hydrogen-bond donors (Lipinski definition) is 1. The molecule has 0 bridgehead atoms. The molecule has 0 saturated carbocycles. The number of hydrogen-bond acceptors (Lipinski definition) is 6. The van der Waals surface area contributed by atoms with Gasteiger partial charge in [-0.1, -0.05) is 18.2 Å². The van der Waals surface area contributed by atoms with Gasteiger partial charge in [-0.25, -0.2) is 0 Å². The zero-order valence-electron chi connectivity index (χ0n) is 10.1. The molecule has 2 aromatic rings. The van der Waals surface area contributed by atoms with Crippen LogP contribution < -0.4 is 10.5 Å². The van der Waals surface area contributed by atoms with Crippen LogP contribution in [0.5, 0.6) is 11.5 Å². The normalized spacial score (nSPS) is 10.0. The van der Waals surface area contributed by atoms with Crippen molar-refractivity contribution in [1.82, 2.24) is 0 Å². The molecule has 0 aliphatic rings. The summed E-state index contributed by atoms with van der Waals surface area (Å²) in [7, 11) is 0. The number of nitro benzene ring substituents is 2. The average molecular weight is 275 g/mol. The lowest BCUT2D eigenvalue weighted by Gasteiger charge is -2.08. The highest BCUT2D eigenvalue weighted by Gasteiger charge is 2.23. The molecule has 8 nitrogen and oxygen atoms in total. The summed E-state index contributed by atoms with van der Waals surface area (Å²) in [5.74, 6) is 0.242. The van der Waals surface area contributed by atoms with E-state index in [1.54, 1.807) is 30.3 Å². The largest absolute Gasteiger partial charge is 0.455 e. The Kier molecular flexibility index (Phi) is 3.47. The van der Waals surface area contributed by atoms with Crippen molar-refractivity contribution < 1.29 is 14.6 Å². The van der Waals surface area contributed by atoms with Crippen LogP contribution in [0.2, 0.25) is 0 Å². The fourth-order valence-electron chi connectivity index (χ4n) is 1.55. The molecule has 0 aliphatic heterocycles. The van der Waals surface area contributed by atoms with Crippen LogP contribution in [0.25, 0.3) is 0 Å². The maximum Gasteiger partial charge on any atom is 0.302 e. The Bertz CT molecular complexity index is 672. The first kappa shape index (κ1) is 13.3. The molecule has 0 spiro atoms. The fourth-order valence-corrected chi connectivity index (χ4v) is 1.55. The highest BCUT2D eigenvalue weighted by Crippen LogP contribution is 2.38.